The lowest BCUT2D eigenvalue weighted by Gasteiger charge is -2.00. The molecule has 0 amide bonds. The van der Waals surface area contributed by atoms with Crippen LogP contribution in [0.15, 0.2) is 24.3 Å². The molecule has 0 rings (SSSR count). The van der Waals surface area contributed by atoms with Gasteiger partial charge in [-0.3, -0.25) is 0 Å². The first-order valence-electron chi connectivity index (χ1n) is 9.44. The van der Waals surface area contributed by atoms with Gasteiger partial charge in [-0.25, -0.2) is 19.2 Å². The molecule has 0 atom stereocenters. The fraction of sp³-hybridized carbons (Fsp3) is 0.600. The van der Waals surface area contributed by atoms with Crippen molar-refractivity contribution in [2.75, 3.05) is 26.4 Å². The first kappa shape index (κ1) is 27.6. The normalized spacial score (nSPS) is 10.1. The van der Waals surface area contributed by atoms with Gasteiger partial charge >= 0.3 is 23.9 Å². The molecule has 0 heterocycles. The maximum Gasteiger partial charge on any atom is 0.331 e. The second kappa shape index (κ2) is 20.7. The summed E-state index contributed by atoms with van der Waals surface area (Å²) in [4.78, 5) is 43.3. The van der Waals surface area contributed by atoms with E-state index in [1.165, 1.54) is 0 Å². The molecule has 160 valence electrons. The molecule has 0 aromatic rings. The summed E-state index contributed by atoms with van der Waals surface area (Å²) in [7, 11) is 0. The Hall–Kier alpha value is -2.64. The molecule has 0 radical (unpaired) electrons. The fourth-order valence-corrected chi connectivity index (χ4v) is 1.38. The minimum atomic E-state index is -0.537. The van der Waals surface area contributed by atoms with E-state index in [4.69, 9.17) is 9.47 Å². The number of hydrogen-bond donors (Lipinski definition) is 0. The summed E-state index contributed by atoms with van der Waals surface area (Å²) in [5, 5.41) is 0. The number of unbranched alkanes of at least 4 members (excludes halogenated alkanes) is 2. The third kappa shape index (κ3) is 21.4. The van der Waals surface area contributed by atoms with Crippen molar-refractivity contribution in [2.24, 2.45) is 0 Å². The monoisotopic (exact) mass is 400 g/mol. The second-order valence-electron chi connectivity index (χ2n) is 5.21. The topological polar surface area (TPSA) is 105 Å². The van der Waals surface area contributed by atoms with E-state index in [-0.39, 0.29) is 0 Å². The largest absolute Gasteiger partial charge is 0.463 e. The highest BCUT2D eigenvalue weighted by atomic mass is 16.5. The van der Waals surface area contributed by atoms with Crippen molar-refractivity contribution in [3.8, 4) is 0 Å². The smallest absolute Gasteiger partial charge is 0.331 e. The summed E-state index contributed by atoms with van der Waals surface area (Å²) in [6.07, 6.45) is 7.89. The van der Waals surface area contributed by atoms with Gasteiger partial charge in [0, 0.05) is 24.3 Å². The predicted octanol–water partition coefficient (Wildman–Crippen LogP) is 2.90. The molecular weight excluding hydrogens is 368 g/mol. The summed E-state index contributed by atoms with van der Waals surface area (Å²) in [5.74, 6) is -2.07. The van der Waals surface area contributed by atoms with Gasteiger partial charge < -0.3 is 18.9 Å². The lowest BCUT2D eigenvalue weighted by molar-refractivity contribution is -0.140. The number of rotatable bonds is 12. The molecule has 0 N–H and O–H groups in total. The molecule has 0 spiro atoms. The van der Waals surface area contributed by atoms with Gasteiger partial charge in [-0.1, -0.05) is 26.7 Å². The van der Waals surface area contributed by atoms with Crippen molar-refractivity contribution in [1.29, 1.82) is 0 Å². The van der Waals surface area contributed by atoms with Crippen molar-refractivity contribution in [3.63, 3.8) is 0 Å². The maximum atomic E-state index is 11.0. The summed E-state index contributed by atoms with van der Waals surface area (Å²) in [6, 6.07) is 0. The first-order valence-corrected chi connectivity index (χ1v) is 9.44. The Kier molecular flexibility index (Phi) is 20.4. The van der Waals surface area contributed by atoms with Crippen LogP contribution in [0.4, 0.5) is 0 Å². The minimum Gasteiger partial charge on any atom is -0.463 e. The average molecular weight is 400 g/mol. The standard InChI is InChI=1S/C12H20O4.C8H12O4/c1-3-5-9-15-11(13)7-8-12(14)16-10-6-4-2;1-3-11-7(9)5-6-8(10)12-4-2/h7-8H,3-6,9-10H2,1-2H3;5-6H,3-4H2,1-2H3. The van der Waals surface area contributed by atoms with E-state index in [0.29, 0.717) is 26.4 Å². The number of ether oxygens (including phenoxy) is 4. The highest BCUT2D eigenvalue weighted by molar-refractivity contribution is 5.92. The van der Waals surface area contributed by atoms with E-state index in [1.54, 1.807) is 13.8 Å². The summed E-state index contributed by atoms with van der Waals surface area (Å²) in [5.41, 5.74) is 0. The van der Waals surface area contributed by atoms with Crippen LogP contribution in [0.5, 0.6) is 0 Å². The van der Waals surface area contributed by atoms with Crippen LogP contribution in [0.1, 0.15) is 53.4 Å². The lowest BCUT2D eigenvalue weighted by atomic mass is 10.4. The van der Waals surface area contributed by atoms with Crippen LogP contribution < -0.4 is 0 Å². The Bertz CT molecular complexity index is 464. The highest BCUT2D eigenvalue weighted by Crippen LogP contribution is 1.92. The van der Waals surface area contributed by atoms with Gasteiger partial charge in [0.25, 0.3) is 0 Å². The van der Waals surface area contributed by atoms with Crippen LogP contribution in [0, 0.1) is 0 Å². The molecule has 0 aliphatic carbocycles. The number of carbonyl (C=O) groups excluding carboxylic acids is 4. The van der Waals surface area contributed by atoms with Crippen molar-refractivity contribution < 1.29 is 38.1 Å². The Morgan fingerprint density at radius 2 is 0.821 bits per heavy atom. The van der Waals surface area contributed by atoms with Crippen LogP contribution >= 0.6 is 0 Å². The second-order valence-corrected chi connectivity index (χ2v) is 5.21. The van der Waals surface area contributed by atoms with Crippen LogP contribution in [-0.4, -0.2) is 50.3 Å². The van der Waals surface area contributed by atoms with E-state index >= 15 is 0 Å². The van der Waals surface area contributed by atoms with Gasteiger partial charge in [-0.05, 0) is 26.7 Å². The van der Waals surface area contributed by atoms with Crippen LogP contribution in [0.25, 0.3) is 0 Å². The molecule has 0 bridgehead atoms. The van der Waals surface area contributed by atoms with E-state index in [9.17, 15) is 19.2 Å². The predicted molar refractivity (Wildman–Crippen MR) is 103 cm³/mol. The number of hydrogen-bond acceptors (Lipinski definition) is 8. The van der Waals surface area contributed by atoms with Gasteiger partial charge in [-0.2, -0.15) is 0 Å². The molecular formula is C20H32O8. The summed E-state index contributed by atoms with van der Waals surface area (Å²) < 4.78 is 18.7. The third-order valence-electron chi connectivity index (χ3n) is 2.77. The van der Waals surface area contributed by atoms with Gasteiger partial charge in [0.1, 0.15) is 0 Å². The molecule has 0 saturated heterocycles. The SMILES string of the molecule is CCCCOC(=O)C=CC(=O)OCCCC.CCOC(=O)C=CC(=O)OCC. The fourth-order valence-electron chi connectivity index (χ4n) is 1.38. The quantitative estimate of drug-likeness (QED) is 0.213. The molecule has 28 heavy (non-hydrogen) atoms. The molecule has 0 aromatic carbocycles. The number of carbonyl (C=O) groups is 4. The van der Waals surface area contributed by atoms with Gasteiger partial charge in [0.05, 0.1) is 26.4 Å². The van der Waals surface area contributed by atoms with Gasteiger partial charge in [-0.15, -0.1) is 0 Å². The van der Waals surface area contributed by atoms with Crippen molar-refractivity contribution in [1.82, 2.24) is 0 Å². The van der Waals surface area contributed by atoms with Crippen LogP contribution in [0.2, 0.25) is 0 Å². The molecule has 0 fully saturated rings. The molecule has 0 unspecified atom stereocenters. The molecule has 8 nitrogen and oxygen atoms in total. The molecule has 8 heteroatoms. The molecule has 0 saturated carbocycles. The summed E-state index contributed by atoms with van der Waals surface area (Å²) >= 11 is 0. The van der Waals surface area contributed by atoms with Crippen molar-refractivity contribution >= 4 is 23.9 Å². The molecule has 0 aromatic heterocycles. The Morgan fingerprint density at radius 3 is 1.07 bits per heavy atom. The van der Waals surface area contributed by atoms with Gasteiger partial charge in [0.2, 0.25) is 0 Å². The van der Waals surface area contributed by atoms with E-state index in [2.05, 4.69) is 9.47 Å². The zero-order chi connectivity index (χ0) is 21.6. The molecule has 0 aliphatic rings. The minimum absolute atomic E-state index is 0.298. The van der Waals surface area contributed by atoms with Crippen LogP contribution in [-0.2, 0) is 38.1 Å². The van der Waals surface area contributed by atoms with E-state index in [0.717, 1.165) is 50.0 Å². The Morgan fingerprint density at radius 1 is 0.536 bits per heavy atom. The lowest BCUT2D eigenvalue weighted by Crippen LogP contribution is -2.05. The zero-order valence-corrected chi connectivity index (χ0v) is 17.2. The van der Waals surface area contributed by atoms with Crippen molar-refractivity contribution in [3.05, 3.63) is 24.3 Å². The van der Waals surface area contributed by atoms with E-state index < -0.39 is 23.9 Å². The van der Waals surface area contributed by atoms with E-state index in [1.807, 2.05) is 13.8 Å². The Balaban J connectivity index is 0. The average Bonchev–Trinajstić information content (AvgIpc) is 2.66. The molecule has 0 aliphatic heterocycles. The first-order chi connectivity index (χ1) is 13.4. The zero-order valence-electron chi connectivity index (χ0n) is 17.2. The number of esters is 4. The maximum absolute atomic E-state index is 11.0. The summed E-state index contributed by atoms with van der Waals surface area (Å²) in [6.45, 7) is 8.78. The van der Waals surface area contributed by atoms with Crippen LogP contribution in [0.3, 0.4) is 0 Å². The third-order valence-corrected chi connectivity index (χ3v) is 2.77. The van der Waals surface area contributed by atoms with Crippen molar-refractivity contribution in [2.45, 2.75) is 53.4 Å². The highest BCUT2D eigenvalue weighted by Gasteiger charge is 2.00. The van der Waals surface area contributed by atoms with Gasteiger partial charge in [0.15, 0.2) is 0 Å². The Labute approximate surface area is 166 Å².